The average molecular weight is 167 g/mol. The molecule has 4 nitrogen and oxygen atoms in total. The van der Waals surface area contributed by atoms with Crippen molar-refractivity contribution >= 4 is 11.9 Å². The maximum atomic E-state index is 10.4. The van der Waals surface area contributed by atoms with Gasteiger partial charge in [-0.1, -0.05) is 6.58 Å². The molecule has 0 bridgehead atoms. The third-order valence-electron chi connectivity index (χ3n) is 0.915. The van der Waals surface area contributed by atoms with Crippen molar-refractivity contribution in [2.75, 3.05) is 0 Å². The standard InChI is InChI=1S/C6H9NO3.Na.H/c1-3-5(8)7-4(2)6(9)10;;/h3-4H,1H2,2H3,(H,7,8)(H,9,10);;/q;+1;-1. The topological polar surface area (TPSA) is 66.4 Å². The van der Waals surface area contributed by atoms with Crippen LogP contribution in [0.2, 0.25) is 0 Å². The maximum absolute atomic E-state index is 10.4. The zero-order valence-corrected chi connectivity index (χ0v) is 8.63. The second kappa shape index (κ2) is 6.39. The molecule has 0 heterocycles. The number of rotatable bonds is 3. The van der Waals surface area contributed by atoms with Gasteiger partial charge in [0.25, 0.3) is 0 Å². The van der Waals surface area contributed by atoms with Gasteiger partial charge in [-0.2, -0.15) is 0 Å². The number of aliphatic carboxylic acids is 1. The Morgan fingerprint density at radius 3 is 2.45 bits per heavy atom. The number of carboxylic acids is 1. The SMILES string of the molecule is C=CC(=O)NC(C)C(=O)O.[H-].[Na+]. The van der Waals surface area contributed by atoms with Gasteiger partial charge < -0.3 is 11.8 Å². The van der Waals surface area contributed by atoms with E-state index in [1.165, 1.54) is 6.92 Å². The van der Waals surface area contributed by atoms with Crippen LogP contribution in [0.1, 0.15) is 8.35 Å². The number of hydrogen-bond donors (Lipinski definition) is 2. The number of carbonyl (C=O) groups excluding carboxylic acids is 1. The third-order valence-corrected chi connectivity index (χ3v) is 0.915. The van der Waals surface area contributed by atoms with Crippen LogP contribution in [0, 0.1) is 0 Å². The van der Waals surface area contributed by atoms with Crippen molar-refractivity contribution in [3.05, 3.63) is 12.7 Å². The van der Waals surface area contributed by atoms with Crippen molar-refractivity contribution in [1.29, 1.82) is 0 Å². The summed E-state index contributed by atoms with van der Waals surface area (Å²) >= 11 is 0. The van der Waals surface area contributed by atoms with Gasteiger partial charge in [0.05, 0.1) is 0 Å². The summed E-state index contributed by atoms with van der Waals surface area (Å²) in [7, 11) is 0. The largest absolute Gasteiger partial charge is 1.00 e. The van der Waals surface area contributed by atoms with E-state index in [1.54, 1.807) is 0 Å². The molecule has 5 heteroatoms. The zero-order valence-electron chi connectivity index (χ0n) is 7.63. The van der Waals surface area contributed by atoms with Gasteiger partial charge in [0, 0.05) is 0 Å². The Bertz CT molecular complexity index is 174. The molecule has 0 saturated carbocycles. The van der Waals surface area contributed by atoms with Crippen molar-refractivity contribution in [3.63, 3.8) is 0 Å². The molecule has 0 rings (SSSR count). The number of carboxylic acid groups (broad SMARTS) is 1. The molecule has 0 saturated heterocycles. The molecule has 0 aromatic carbocycles. The van der Waals surface area contributed by atoms with Gasteiger partial charge >= 0.3 is 35.5 Å². The summed E-state index contributed by atoms with van der Waals surface area (Å²) < 4.78 is 0. The van der Waals surface area contributed by atoms with Gasteiger partial charge in [-0.25, -0.2) is 0 Å². The van der Waals surface area contributed by atoms with Crippen LogP contribution in [0.3, 0.4) is 0 Å². The summed E-state index contributed by atoms with van der Waals surface area (Å²) in [4.78, 5) is 20.5. The predicted molar refractivity (Wildman–Crippen MR) is 36.5 cm³/mol. The summed E-state index contributed by atoms with van der Waals surface area (Å²) in [5.41, 5.74) is 0. The Hall–Kier alpha value is -0.320. The summed E-state index contributed by atoms with van der Waals surface area (Å²) in [6.45, 7) is 4.55. The Labute approximate surface area is 88.4 Å². The van der Waals surface area contributed by atoms with Crippen LogP contribution in [0.25, 0.3) is 0 Å². The Morgan fingerprint density at radius 1 is 1.73 bits per heavy atom. The van der Waals surface area contributed by atoms with Crippen molar-refractivity contribution in [2.45, 2.75) is 13.0 Å². The first-order valence-electron chi connectivity index (χ1n) is 2.73. The molecule has 0 aromatic rings. The molecule has 0 aliphatic heterocycles. The van der Waals surface area contributed by atoms with E-state index in [2.05, 4.69) is 11.9 Å². The van der Waals surface area contributed by atoms with Gasteiger partial charge in [-0.3, -0.25) is 9.59 Å². The summed E-state index contributed by atoms with van der Waals surface area (Å²) in [6.07, 6.45) is 1.03. The zero-order chi connectivity index (χ0) is 8.15. The van der Waals surface area contributed by atoms with E-state index < -0.39 is 17.9 Å². The molecule has 1 atom stereocenters. The van der Waals surface area contributed by atoms with Crippen LogP contribution in [-0.2, 0) is 9.59 Å². The van der Waals surface area contributed by atoms with E-state index >= 15 is 0 Å². The Kier molecular flexibility index (Phi) is 7.72. The minimum Gasteiger partial charge on any atom is -1.00 e. The van der Waals surface area contributed by atoms with E-state index in [0.29, 0.717) is 0 Å². The maximum Gasteiger partial charge on any atom is 1.00 e. The van der Waals surface area contributed by atoms with E-state index in [1.807, 2.05) is 0 Å². The van der Waals surface area contributed by atoms with Gasteiger partial charge in [0.15, 0.2) is 0 Å². The smallest absolute Gasteiger partial charge is 1.00 e. The molecule has 1 amide bonds. The average Bonchev–Trinajstić information content (AvgIpc) is 1.87. The monoisotopic (exact) mass is 167 g/mol. The van der Waals surface area contributed by atoms with Crippen molar-refractivity contribution in [3.8, 4) is 0 Å². The van der Waals surface area contributed by atoms with E-state index in [9.17, 15) is 9.59 Å². The fraction of sp³-hybridized carbons (Fsp3) is 0.333. The van der Waals surface area contributed by atoms with Crippen LogP contribution < -0.4 is 34.9 Å². The molecule has 0 aliphatic carbocycles. The molecule has 58 valence electrons. The van der Waals surface area contributed by atoms with Crippen LogP contribution in [-0.4, -0.2) is 23.0 Å². The second-order valence-electron chi connectivity index (χ2n) is 1.77. The first-order chi connectivity index (χ1) is 4.57. The normalized spacial score (nSPS) is 10.6. The minimum atomic E-state index is -1.06. The van der Waals surface area contributed by atoms with Crippen LogP contribution in [0.5, 0.6) is 0 Å². The molecular weight excluding hydrogens is 157 g/mol. The molecule has 0 aromatic heterocycles. The van der Waals surface area contributed by atoms with Crippen molar-refractivity contribution in [1.82, 2.24) is 5.32 Å². The van der Waals surface area contributed by atoms with Crippen LogP contribution in [0.15, 0.2) is 12.7 Å². The second-order valence-corrected chi connectivity index (χ2v) is 1.77. The summed E-state index contributed by atoms with van der Waals surface area (Å²) in [5, 5.41) is 10.4. The third kappa shape index (κ3) is 6.09. The van der Waals surface area contributed by atoms with Gasteiger partial charge in [-0.15, -0.1) is 0 Å². The predicted octanol–water partition coefficient (Wildman–Crippen LogP) is -3.12. The molecule has 1 unspecified atom stereocenters. The Morgan fingerprint density at radius 2 is 2.18 bits per heavy atom. The fourth-order valence-electron chi connectivity index (χ4n) is 0.334. The summed E-state index contributed by atoms with van der Waals surface area (Å²) in [5.74, 6) is -1.54. The van der Waals surface area contributed by atoms with Crippen LogP contribution in [0.4, 0.5) is 0 Å². The molecule has 0 spiro atoms. The minimum absolute atomic E-state index is 0. The summed E-state index contributed by atoms with van der Waals surface area (Å²) in [6, 6.07) is -0.856. The van der Waals surface area contributed by atoms with Crippen LogP contribution >= 0.6 is 0 Å². The van der Waals surface area contributed by atoms with E-state index in [4.69, 9.17) is 5.11 Å². The van der Waals surface area contributed by atoms with Crippen molar-refractivity contribution < 1.29 is 45.7 Å². The van der Waals surface area contributed by atoms with E-state index in [-0.39, 0.29) is 31.0 Å². The number of nitrogens with one attached hydrogen (secondary N) is 1. The molecular formula is C6H10NNaO3. The van der Waals surface area contributed by atoms with Crippen molar-refractivity contribution in [2.24, 2.45) is 0 Å². The first-order valence-corrected chi connectivity index (χ1v) is 2.73. The Balaban J connectivity index is -0.000000405. The molecule has 0 fully saturated rings. The van der Waals surface area contributed by atoms with Gasteiger partial charge in [-0.05, 0) is 13.0 Å². The van der Waals surface area contributed by atoms with Gasteiger partial charge in [0.2, 0.25) is 5.91 Å². The molecule has 0 radical (unpaired) electrons. The quantitative estimate of drug-likeness (QED) is 0.345. The van der Waals surface area contributed by atoms with Gasteiger partial charge in [0.1, 0.15) is 6.04 Å². The fourth-order valence-corrected chi connectivity index (χ4v) is 0.334. The number of amides is 1. The molecule has 0 aliphatic rings. The van der Waals surface area contributed by atoms with E-state index in [0.717, 1.165) is 6.08 Å². The molecule has 11 heavy (non-hydrogen) atoms. The first kappa shape index (κ1) is 13.3. The molecule has 2 N–H and O–H groups in total. The number of carbonyl (C=O) groups is 2. The number of hydrogen-bond acceptors (Lipinski definition) is 2.